The van der Waals surface area contributed by atoms with E-state index in [2.05, 4.69) is 51.7 Å². The molecular weight excluding hydrogens is 617 g/mol. The number of aromatic nitrogens is 3. The second kappa shape index (κ2) is 21.2. The Labute approximate surface area is 277 Å². The number of amides is 1. The molecule has 12 heteroatoms. The molecule has 0 atom stereocenters. The van der Waals surface area contributed by atoms with Crippen LogP contribution in [0.4, 0.5) is 30.8 Å². The van der Waals surface area contributed by atoms with Crippen molar-refractivity contribution in [2.45, 2.75) is 105 Å². The average Bonchev–Trinajstić information content (AvgIpc) is 3.83. The zero-order valence-electron chi connectivity index (χ0n) is 28.2. The van der Waals surface area contributed by atoms with Crippen molar-refractivity contribution in [2.24, 2.45) is 0 Å². The van der Waals surface area contributed by atoms with Gasteiger partial charge in [0.15, 0.2) is 6.61 Å². The summed E-state index contributed by atoms with van der Waals surface area (Å²) >= 11 is 6.01. The summed E-state index contributed by atoms with van der Waals surface area (Å²) in [5.74, 6) is -0.120. The first-order chi connectivity index (χ1) is 22.1. The van der Waals surface area contributed by atoms with Crippen LogP contribution in [0.25, 0.3) is 0 Å². The van der Waals surface area contributed by atoms with Gasteiger partial charge >= 0.3 is 12.2 Å². The number of carbonyl (C=O) groups excluding carboxylic acids is 1. The van der Waals surface area contributed by atoms with E-state index in [9.17, 15) is 18.0 Å². The minimum Gasteiger partial charge on any atom is -0.454 e. The van der Waals surface area contributed by atoms with Crippen molar-refractivity contribution in [3.05, 3.63) is 64.7 Å². The number of rotatable bonds is 13. The summed E-state index contributed by atoms with van der Waals surface area (Å²) < 4.78 is 43.2. The minimum absolute atomic E-state index is 0.00953. The van der Waals surface area contributed by atoms with Crippen molar-refractivity contribution in [3.8, 4) is 6.01 Å². The highest BCUT2D eigenvalue weighted by molar-refractivity contribution is 6.30. The lowest BCUT2D eigenvalue weighted by molar-refractivity contribution is -0.154. The van der Waals surface area contributed by atoms with Gasteiger partial charge < -0.3 is 20.7 Å². The number of benzene rings is 2. The molecule has 1 saturated carbocycles. The number of carbonyl (C=O) groups is 1. The maximum Gasteiger partial charge on any atom is 0.422 e. The monoisotopic (exact) mass is 666 g/mol. The quantitative estimate of drug-likeness (QED) is 0.156. The number of halogens is 4. The Morgan fingerprint density at radius 1 is 0.870 bits per heavy atom. The van der Waals surface area contributed by atoms with Gasteiger partial charge in [-0.3, -0.25) is 4.79 Å². The lowest BCUT2D eigenvalue weighted by atomic mass is 10.1. The van der Waals surface area contributed by atoms with Crippen molar-refractivity contribution >= 4 is 35.1 Å². The van der Waals surface area contributed by atoms with Crippen LogP contribution in [-0.4, -0.2) is 40.2 Å². The van der Waals surface area contributed by atoms with E-state index < -0.39 is 24.3 Å². The molecule has 1 fully saturated rings. The van der Waals surface area contributed by atoms with Crippen LogP contribution in [0.2, 0.25) is 5.02 Å². The van der Waals surface area contributed by atoms with Crippen molar-refractivity contribution < 1.29 is 22.7 Å². The molecule has 2 aromatic carbocycles. The van der Waals surface area contributed by atoms with Gasteiger partial charge in [-0.2, -0.15) is 28.1 Å². The Kier molecular flexibility index (Phi) is 18.7. The second-order valence-electron chi connectivity index (χ2n) is 10.1. The van der Waals surface area contributed by atoms with Crippen LogP contribution < -0.4 is 20.7 Å². The van der Waals surface area contributed by atoms with Crippen LogP contribution in [0.1, 0.15) is 109 Å². The summed E-state index contributed by atoms with van der Waals surface area (Å²) in [7, 11) is 0. The minimum atomic E-state index is -4.55. The molecule has 1 amide bonds. The van der Waals surface area contributed by atoms with Crippen molar-refractivity contribution in [2.75, 3.05) is 23.8 Å². The second-order valence-corrected chi connectivity index (χ2v) is 10.5. The van der Waals surface area contributed by atoms with Crippen LogP contribution in [0, 0.1) is 0 Å². The Hall–Kier alpha value is -3.60. The Bertz CT molecular complexity index is 1270. The van der Waals surface area contributed by atoms with E-state index in [1.807, 2.05) is 39.8 Å². The van der Waals surface area contributed by atoms with E-state index in [1.54, 1.807) is 36.4 Å². The molecule has 0 saturated heterocycles. The molecule has 0 spiro atoms. The van der Waals surface area contributed by atoms with Crippen molar-refractivity contribution in [3.63, 3.8) is 0 Å². The molecule has 1 heterocycles. The summed E-state index contributed by atoms with van der Waals surface area (Å²) in [4.78, 5) is 24.8. The highest BCUT2D eigenvalue weighted by Crippen LogP contribution is 2.48. The number of nitrogens with one attached hydrogen (secondary N) is 3. The van der Waals surface area contributed by atoms with Crippen LogP contribution in [0.15, 0.2) is 48.5 Å². The van der Waals surface area contributed by atoms with Gasteiger partial charge in [-0.1, -0.05) is 97.9 Å². The number of hydrogen-bond donors (Lipinski definition) is 3. The summed E-state index contributed by atoms with van der Waals surface area (Å²) in [5, 5.41) is 9.67. The molecule has 46 heavy (non-hydrogen) atoms. The third-order valence-electron chi connectivity index (χ3n) is 6.20. The van der Waals surface area contributed by atoms with Gasteiger partial charge in [0.25, 0.3) is 5.91 Å². The molecule has 8 nitrogen and oxygen atoms in total. The maximum atomic E-state index is 12.8. The summed E-state index contributed by atoms with van der Waals surface area (Å²) in [6.07, 6.45) is 2.51. The van der Waals surface area contributed by atoms with E-state index >= 15 is 0 Å². The van der Waals surface area contributed by atoms with Crippen LogP contribution >= 0.6 is 11.6 Å². The molecule has 1 aliphatic carbocycles. The highest BCUT2D eigenvalue weighted by atomic mass is 35.5. The molecule has 3 aromatic rings. The Balaban J connectivity index is 0.00000140. The number of nitrogens with zero attached hydrogens (tertiary/aromatic N) is 3. The number of hydrogen-bond acceptors (Lipinski definition) is 7. The number of unbranched alkanes of at least 4 members (excludes halogenated alkanes) is 3. The smallest absolute Gasteiger partial charge is 0.422 e. The van der Waals surface area contributed by atoms with Gasteiger partial charge in [0.05, 0.1) is 5.54 Å². The average molecular weight is 667 g/mol. The van der Waals surface area contributed by atoms with E-state index in [4.69, 9.17) is 16.3 Å². The third-order valence-corrected chi connectivity index (χ3v) is 6.45. The van der Waals surface area contributed by atoms with Crippen molar-refractivity contribution in [1.29, 1.82) is 0 Å². The zero-order valence-corrected chi connectivity index (χ0v) is 28.9. The lowest BCUT2D eigenvalue weighted by Crippen LogP contribution is -2.24. The fraction of sp³-hybridized carbons (Fsp3) is 0.529. The Morgan fingerprint density at radius 3 is 2.00 bits per heavy atom. The van der Waals surface area contributed by atoms with E-state index in [0.29, 0.717) is 22.8 Å². The first-order valence-electron chi connectivity index (χ1n) is 16.2. The normalized spacial score (nSPS) is 12.5. The highest BCUT2D eigenvalue weighted by Gasteiger charge is 2.45. The number of ether oxygens (including phenoxy) is 1. The number of alkyl halides is 3. The third kappa shape index (κ3) is 14.7. The first kappa shape index (κ1) is 40.4. The van der Waals surface area contributed by atoms with Gasteiger partial charge in [-0.05, 0) is 61.2 Å². The zero-order chi connectivity index (χ0) is 34.6. The SMILES string of the molecule is CC.CC.CCC.CCCCCCNC(=O)c1ccc(Nc2nc(NC3(c4ccc(Cl)cc4)CC3)nc(OCC(F)(F)F)n2)cc1. The van der Waals surface area contributed by atoms with E-state index in [0.717, 1.165) is 44.1 Å². The van der Waals surface area contributed by atoms with Crippen LogP contribution in [-0.2, 0) is 5.54 Å². The first-order valence-corrected chi connectivity index (χ1v) is 16.6. The van der Waals surface area contributed by atoms with Crippen LogP contribution in [0.5, 0.6) is 6.01 Å². The fourth-order valence-corrected chi connectivity index (χ4v) is 4.09. The predicted octanol–water partition coefficient (Wildman–Crippen LogP) is 10.1. The summed E-state index contributed by atoms with van der Waals surface area (Å²) in [5.41, 5.74) is 1.52. The summed E-state index contributed by atoms with van der Waals surface area (Å²) in [6, 6.07) is 13.4. The summed E-state index contributed by atoms with van der Waals surface area (Å²) in [6.45, 7) is 13.4. The van der Waals surface area contributed by atoms with Gasteiger partial charge in [-0.15, -0.1) is 0 Å². The number of anilines is 3. The largest absolute Gasteiger partial charge is 0.454 e. The molecule has 0 bridgehead atoms. The topological polar surface area (TPSA) is 101 Å². The molecule has 4 rings (SSSR count). The molecule has 1 aliphatic rings. The molecular formula is C34H50ClF3N6O2. The maximum absolute atomic E-state index is 12.8. The molecule has 0 unspecified atom stereocenters. The molecule has 256 valence electrons. The molecule has 0 radical (unpaired) electrons. The predicted molar refractivity (Wildman–Crippen MR) is 182 cm³/mol. The fourth-order valence-electron chi connectivity index (χ4n) is 3.96. The van der Waals surface area contributed by atoms with Gasteiger partial charge in [0.2, 0.25) is 11.9 Å². The lowest BCUT2D eigenvalue weighted by Gasteiger charge is -2.19. The molecule has 1 aromatic heterocycles. The standard InChI is InChI=1S/C27H30ClF3N6O2.C3H8.2C2H6/c1-2-3-4-5-16-32-22(38)18-6-12-21(13-7-18)33-23-34-24(36-25(35-23)39-17-27(29,30)31)37-26(14-15-26)19-8-10-20(28)11-9-19;1-3-2;2*1-2/h6-13H,2-5,14-17H2,1H3,(H,32,38)(H2,33,34,35,36,37);3H2,1-2H3;2*1-2H3. The Morgan fingerprint density at radius 2 is 1.46 bits per heavy atom. The van der Waals surface area contributed by atoms with Crippen molar-refractivity contribution in [1.82, 2.24) is 20.3 Å². The van der Waals surface area contributed by atoms with Gasteiger partial charge in [-0.25, -0.2) is 0 Å². The van der Waals surface area contributed by atoms with Crippen LogP contribution in [0.3, 0.4) is 0 Å². The van der Waals surface area contributed by atoms with Gasteiger partial charge in [0, 0.05) is 22.8 Å². The van der Waals surface area contributed by atoms with Gasteiger partial charge in [0.1, 0.15) is 0 Å². The van der Waals surface area contributed by atoms with E-state index in [-0.39, 0.29) is 17.8 Å². The van der Waals surface area contributed by atoms with E-state index in [1.165, 1.54) is 6.42 Å². The molecule has 0 aliphatic heterocycles. The molecule has 3 N–H and O–H groups in total.